The van der Waals surface area contributed by atoms with Crippen LogP contribution in [-0.4, -0.2) is 21.9 Å². The van der Waals surface area contributed by atoms with Gasteiger partial charge < -0.3 is 5.32 Å². The normalized spacial score (nSPS) is 12.2. The molecule has 1 unspecified atom stereocenters. The van der Waals surface area contributed by atoms with Crippen LogP contribution < -0.4 is 5.32 Å². The fourth-order valence-electron chi connectivity index (χ4n) is 1.60. The maximum absolute atomic E-state index is 12.1. The lowest BCUT2D eigenvalue weighted by atomic mass is 10.2. The molecule has 4 nitrogen and oxygen atoms in total. The first-order valence-electron chi connectivity index (χ1n) is 6.31. The molecule has 0 aliphatic rings. The van der Waals surface area contributed by atoms with E-state index in [4.69, 9.17) is 0 Å². The van der Waals surface area contributed by atoms with Gasteiger partial charge in [0.25, 0.3) is 5.91 Å². The number of carbonyl (C=O) groups is 1. The molecule has 0 saturated carbocycles. The smallest absolute Gasteiger partial charge is 0.263 e. The number of rotatable bonds is 4. The Morgan fingerprint density at radius 3 is 2.89 bits per heavy atom. The number of hydrogen-bond acceptors (Lipinski definition) is 4. The third-order valence-electron chi connectivity index (χ3n) is 2.88. The zero-order valence-electron chi connectivity index (χ0n) is 11.3. The van der Waals surface area contributed by atoms with Crippen molar-refractivity contribution in [1.82, 2.24) is 15.3 Å². The summed E-state index contributed by atoms with van der Waals surface area (Å²) in [5.74, 6) is -0.0495. The Morgan fingerprint density at radius 2 is 2.26 bits per heavy atom. The predicted octanol–water partition coefficient (Wildman–Crippen LogP) is 3.04. The Morgan fingerprint density at radius 1 is 1.47 bits per heavy atom. The summed E-state index contributed by atoms with van der Waals surface area (Å²) in [5.41, 5.74) is 1.56. The summed E-state index contributed by atoms with van der Waals surface area (Å²) in [5, 5.41) is 3.75. The Bertz CT molecular complexity index is 565. The molecule has 1 atom stereocenters. The highest BCUT2D eigenvalue weighted by Crippen LogP contribution is 2.26. The minimum absolute atomic E-state index is 0.0495. The summed E-state index contributed by atoms with van der Waals surface area (Å²) >= 11 is 1.39. The zero-order valence-corrected chi connectivity index (χ0v) is 12.1. The van der Waals surface area contributed by atoms with Gasteiger partial charge in [-0.3, -0.25) is 9.78 Å². The van der Waals surface area contributed by atoms with Gasteiger partial charge in [-0.25, -0.2) is 4.98 Å². The summed E-state index contributed by atoms with van der Waals surface area (Å²) < 4.78 is 0. The van der Waals surface area contributed by atoms with Crippen molar-refractivity contribution < 1.29 is 4.79 Å². The van der Waals surface area contributed by atoms with Crippen molar-refractivity contribution in [3.05, 3.63) is 35.0 Å². The third-order valence-corrected chi connectivity index (χ3v) is 4.06. The Balaban J connectivity index is 2.24. The maximum atomic E-state index is 12.1. The Kier molecular flexibility index (Phi) is 4.27. The second kappa shape index (κ2) is 5.93. The number of aromatic nitrogens is 2. The van der Waals surface area contributed by atoms with Gasteiger partial charge in [0.15, 0.2) is 0 Å². The summed E-state index contributed by atoms with van der Waals surface area (Å²) in [6.07, 6.45) is 2.64. The molecule has 2 aromatic rings. The first kappa shape index (κ1) is 13.7. The highest BCUT2D eigenvalue weighted by atomic mass is 32.1. The van der Waals surface area contributed by atoms with Gasteiger partial charge in [-0.1, -0.05) is 13.0 Å². The lowest BCUT2D eigenvalue weighted by molar-refractivity contribution is 0.0942. The maximum Gasteiger partial charge on any atom is 0.263 e. The molecule has 0 bridgehead atoms. The summed E-state index contributed by atoms with van der Waals surface area (Å²) in [4.78, 5) is 21.5. The fourth-order valence-corrected chi connectivity index (χ4v) is 2.54. The number of carbonyl (C=O) groups excluding carboxylic acids is 1. The fraction of sp³-hybridized carbons (Fsp3) is 0.357. The van der Waals surface area contributed by atoms with Gasteiger partial charge in [0, 0.05) is 12.2 Å². The standard InChI is InChI=1S/C14H17N3OS/c1-4-9(2)16-13(18)12-10(3)17-14(19-12)11-7-5-6-8-15-11/h5-9H,4H2,1-3H3,(H,16,18). The molecule has 0 spiro atoms. The number of thiazole rings is 1. The van der Waals surface area contributed by atoms with Crippen LogP contribution in [0, 0.1) is 6.92 Å². The lowest BCUT2D eigenvalue weighted by Crippen LogP contribution is -2.31. The van der Waals surface area contributed by atoms with Crippen molar-refractivity contribution in [3.8, 4) is 10.7 Å². The SMILES string of the molecule is CCC(C)NC(=O)c1sc(-c2ccccn2)nc1C. The first-order chi connectivity index (χ1) is 9.11. The number of nitrogens with zero attached hydrogens (tertiary/aromatic N) is 2. The van der Waals surface area contributed by atoms with Gasteiger partial charge in [-0.15, -0.1) is 11.3 Å². The quantitative estimate of drug-likeness (QED) is 0.933. The van der Waals surface area contributed by atoms with Gasteiger partial charge in [0.2, 0.25) is 0 Å². The number of pyridine rings is 1. The van der Waals surface area contributed by atoms with Crippen molar-refractivity contribution in [2.24, 2.45) is 0 Å². The van der Waals surface area contributed by atoms with Crippen LogP contribution in [0.15, 0.2) is 24.4 Å². The molecule has 0 fully saturated rings. The van der Waals surface area contributed by atoms with Gasteiger partial charge in [-0.05, 0) is 32.4 Å². The number of aryl methyl sites for hydroxylation is 1. The summed E-state index contributed by atoms with van der Waals surface area (Å²) in [6.45, 7) is 5.90. The molecule has 19 heavy (non-hydrogen) atoms. The van der Waals surface area contributed by atoms with E-state index >= 15 is 0 Å². The predicted molar refractivity (Wildman–Crippen MR) is 77.3 cm³/mol. The van der Waals surface area contributed by atoms with E-state index < -0.39 is 0 Å². The van der Waals surface area contributed by atoms with Gasteiger partial charge in [0.1, 0.15) is 9.88 Å². The largest absolute Gasteiger partial charge is 0.349 e. The van der Waals surface area contributed by atoms with Gasteiger partial charge in [0.05, 0.1) is 11.4 Å². The van der Waals surface area contributed by atoms with E-state index in [2.05, 4.69) is 15.3 Å². The van der Waals surface area contributed by atoms with E-state index in [0.717, 1.165) is 22.8 Å². The van der Waals surface area contributed by atoms with Crippen LogP contribution in [0.4, 0.5) is 0 Å². The molecule has 0 radical (unpaired) electrons. The minimum Gasteiger partial charge on any atom is -0.349 e. The third kappa shape index (κ3) is 3.17. The van der Waals surface area contributed by atoms with Crippen LogP contribution in [0.1, 0.15) is 35.6 Å². The van der Waals surface area contributed by atoms with Crippen LogP contribution in [0.3, 0.4) is 0 Å². The van der Waals surface area contributed by atoms with E-state index in [-0.39, 0.29) is 11.9 Å². The van der Waals surface area contributed by atoms with Crippen LogP contribution >= 0.6 is 11.3 Å². The van der Waals surface area contributed by atoms with Crippen molar-refractivity contribution in [2.45, 2.75) is 33.2 Å². The van der Waals surface area contributed by atoms with Crippen LogP contribution in [0.25, 0.3) is 10.7 Å². The summed E-state index contributed by atoms with van der Waals surface area (Å²) in [6, 6.07) is 5.85. The average Bonchev–Trinajstić information content (AvgIpc) is 2.81. The molecule has 0 saturated heterocycles. The van der Waals surface area contributed by atoms with Gasteiger partial charge >= 0.3 is 0 Å². The molecule has 0 aromatic carbocycles. The molecule has 1 N–H and O–H groups in total. The molecule has 0 aliphatic carbocycles. The number of amides is 1. The van der Waals surface area contributed by atoms with Crippen molar-refractivity contribution in [2.75, 3.05) is 0 Å². The van der Waals surface area contributed by atoms with E-state index in [1.54, 1.807) is 6.20 Å². The molecule has 2 aromatic heterocycles. The van der Waals surface area contributed by atoms with E-state index in [1.807, 2.05) is 39.0 Å². The highest BCUT2D eigenvalue weighted by molar-refractivity contribution is 7.17. The minimum atomic E-state index is -0.0495. The second-order valence-corrected chi connectivity index (χ2v) is 5.43. The first-order valence-corrected chi connectivity index (χ1v) is 7.13. The van der Waals surface area contributed by atoms with E-state index in [1.165, 1.54) is 11.3 Å². The van der Waals surface area contributed by atoms with Crippen LogP contribution in [0.2, 0.25) is 0 Å². The number of hydrogen-bond donors (Lipinski definition) is 1. The Labute approximate surface area is 116 Å². The lowest BCUT2D eigenvalue weighted by Gasteiger charge is -2.09. The van der Waals surface area contributed by atoms with E-state index in [9.17, 15) is 4.79 Å². The molecular weight excluding hydrogens is 258 g/mol. The zero-order chi connectivity index (χ0) is 13.8. The van der Waals surface area contributed by atoms with Crippen molar-refractivity contribution in [1.29, 1.82) is 0 Å². The molecule has 2 heterocycles. The number of nitrogens with one attached hydrogen (secondary N) is 1. The van der Waals surface area contributed by atoms with Crippen LogP contribution in [-0.2, 0) is 0 Å². The average molecular weight is 275 g/mol. The molecule has 0 aliphatic heterocycles. The monoisotopic (exact) mass is 275 g/mol. The second-order valence-electron chi connectivity index (χ2n) is 4.43. The van der Waals surface area contributed by atoms with E-state index in [0.29, 0.717) is 4.88 Å². The Hall–Kier alpha value is -1.75. The topological polar surface area (TPSA) is 54.9 Å². The molecule has 5 heteroatoms. The van der Waals surface area contributed by atoms with Crippen molar-refractivity contribution >= 4 is 17.2 Å². The molecule has 100 valence electrons. The van der Waals surface area contributed by atoms with Gasteiger partial charge in [-0.2, -0.15) is 0 Å². The molecule has 1 amide bonds. The molecule has 2 rings (SSSR count). The highest BCUT2D eigenvalue weighted by Gasteiger charge is 2.17. The molecular formula is C14H17N3OS. The van der Waals surface area contributed by atoms with Crippen molar-refractivity contribution in [3.63, 3.8) is 0 Å². The summed E-state index contributed by atoms with van der Waals surface area (Å²) in [7, 11) is 0. The van der Waals surface area contributed by atoms with Crippen LogP contribution in [0.5, 0.6) is 0 Å².